The summed E-state index contributed by atoms with van der Waals surface area (Å²) < 4.78 is 5.91. The highest BCUT2D eigenvalue weighted by atomic mass is 79.9. The van der Waals surface area contributed by atoms with Crippen LogP contribution in [0, 0.1) is 0 Å². The normalized spacial score (nSPS) is 16.1. The minimum atomic E-state index is -0.0377. The van der Waals surface area contributed by atoms with E-state index >= 15 is 0 Å². The Hall–Kier alpha value is -1.66. The molecule has 0 atom stereocenters. The molecule has 0 radical (unpaired) electrons. The number of hydrogen-bond acceptors (Lipinski definition) is 4. The second kappa shape index (κ2) is 6.41. The van der Waals surface area contributed by atoms with E-state index < -0.39 is 0 Å². The molecular weight excluding hydrogens is 334 g/mol. The Labute approximate surface area is 131 Å². The van der Waals surface area contributed by atoms with Gasteiger partial charge in [-0.1, -0.05) is 0 Å². The van der Waals surface area contributed by atoms with E-state index in [2.05, 4.69) is 25.8 Å². The Bertz CT molecular complexity index is 606. The van der Waals surface area contributed by atoms with Gasteiger partial charge in [0.25, 0.3) is 5.91 Å². The zero-order valence-corrected chi connectivity index (χ0v) is 13.1. The average molecular weight is 350 g/mol. The molecule has 2 aromatic heterocycles. The molecule has 21 heavy (non-hydrogen) atoms. The van der Waals surface area contributed by atoms with E-state index in [1.54, 1.807) is 12.1 Å². The molecule has 6 heteroatoms. The third-order valence-electron chi connectivity index (χ3n) is 3.60. The molecule has 1 saturated heterocycles. The van der Waals surface area contributed by atoms with Crippen LogP contribution >= 0.6 is 15.9 Å². The van der Waals surface area contributed by atoms with Crippen molar-refractivity contribution in [2.24, 2.45) is 0 Å². The average Bonchev–Trinajstić information content (AvgIpc) is 2.95. The predicted molar refractivity (Wildman–Crippen MR) is 81.8 cm³/mol. The van der Waals surface area contributed by atoms with Gasteiger partial charge in [-0.2, -0.15) is 0 Å². The van der Waals surface area contributed by atoms with E-state index in [0.717, 1.165) is 32.7 Å². The summed E-state index contributed by atoms with van der Waals surface area (Å²) in [5.41, 5.74) is 1.25. The Morgan fingerprint density at radius 3 is 2.48 bits per heavy atom. The second-order valence-corrected chi connectivity index (χ2v) is 5.81. The molecule has 3 heterocycles. The lowest BCUT2D eigenvalue weighted by Gasteiger charge is -2.34. The molecule has 1 amide bonds. The van der Waals surface area contributed by atoms with Gasteiger partial charge < -0.3 is 9.32 Å². The lowest BCUT2D eigenvalue weighted by atomic mass is 10.2. The SMILES string of the molecule is O=C(c1ccc(Br)o1)N1CCN(Cc2ccncc2)CC1. The van der Waals surface area contributed by atoms with E-state index in [9.17, 15) is 4.79 Å². The van der Waals surface area contributed by atoms with E-state index in [-0.39, 0.29) is 5.91 Å². The smallest absolute Gasteiger partial charge is 0.289 e. The van der Waals surface area contributed by atoms with Crippen molar-refractivity contribution < 1.29 is 9.21 Å². The van der Waals surface area contributed by atoms with Crippen LogP contribution in [-0.2, 0) is 6.54 Å². The van der Waals surface area contributed by atoms with Crippen molar-refractivity contribution in [1.29, 1.82) is 0 Å². The lowest BCUT2D eigenvalue weighted by molar-refractivity contribution is 0.0596. The Morgan fingerprint density at radius 2 is 1.86 bits per heavy atom. The summed E-state index contributed by atoms with van der Waals surface area (Å²) >= 11 is 3.22. The topological polar surface area (TPSA) is 49.6 Å². The fraction of sp³-hybridized carbons (Fsp3) is 0.333. The Balaban J connectivity index is 1.54. The van der Waals surface area contributed by atoms with Crippen LogP contribution in [0.3, 0.4) is 0 Å². The first-order valence-corrected chi connectivity index (χ1v) is 7.67. The second-order valence-electron chi connectivity index (χ2n) is 5.03. The number of pyridine rings is 1. The summed E-state index contributed by atoms with van der Waals surface area (Å²) in [6, 6.07) is 7.50. The molecule has 0 saturated carbocycles. The quantitative estimate of drug-likeness (QED) is 0.853. The van der Waals surface area contributed by atoms with Gasteiger partial charge in [-0.3, -0.25) is 14.7 Å². The third-order valence-corrected chi connectivity index (χ3v) is 4.03. The highest BCUT2D eigenvalue weighted by Gasteiger charge is 2.24. The Kier molecular flexibility index (Phi) is 4.36. The molecule has 1 aliphatic rings. The van der Waals surface area contributed by atoms with Gasteiger partial charge in [-0.05, 0) is 45.8 Å². The van der Waals surface area contributed by atoms with Crippen LogP contribution in [0.5, 0.6) is 0 Å². The zero-order chi connectivity index (χ0) is 14.7. The number of furan rings is 1. The number of nitrogens with zero attached hydrogens (tertiary/aromatic N) is 3. The molecule has 3 rings (SSSR count). The largest absolute Gasteiger partial charge is 0.444 e. The van der Waals surface area contributed by atoms with Crippen LogP contribution in [0.2, 0.25) is 0 Å². The van der Waals surface area contributed by atoms with Gasteiger partial charge >= 0.3 is 0 Å². The molecule has 1 aliphatic heterocycles. The molecule has 1 fully saturated rings. The first-order chi connectivity index (χ1) is 10.2. The van der Waals surface area contributed by atoms with Gasteiger partial charge in [0.15, 0.2) is 10.4 Å². The minimum Gasteiger partial charge on any atom is -0.444 e. The highest BCUT2D eigenvalue weighted by Crippen LogP contribution is 2.17. The van der Waals surface area contributed by atoms with Crippen molar-refractivity contribution in [2.75, 3.05) is 26.2 Å². The molecule has 0 aromatic carbocycles. The van der Waals surface area contributed by atoms with Crippen molar-refractivity contribution in [1.82, 2.24) is 14.8 Å². The van der Waals surface area contributed by atoms with Gasteiger partial charge in [-0.15, -0.1) is 0 Å². The number of rotatable bonds is 3. The molecule has 0 aliphatic carbocycles. The summed E-state index contributed by atoms with van der Waals surface area (Å²) in [6.45, 7) is 4.09. The maximum atomic E-state index is 12.3. The van der Waals surface area contributed by atoms with Crippen LogP contribution in [0.25, 0.3) is 0 Å². The number of piperazine rings is 1. The van der Waals surface area contributed by atoms with Gasteiger partial charge in [0.1, 0.15) is 0 Å². The molecule has 0 N–H and O–H groups in total. The van der Waals surface area contributed by atoms with Crippen LogP contribution in [-0.4, -0.2) is 46.9 Å². The van der Waals surface area contributed by atoms with Gasteiger partial charge in [0.05, 0.1) is 0 Å². The van der Waals surface area contributed by atoms with Crippen molar-refractivity contribution >= 4 is 21.8 Å². The molecule has 0 spiro atoms. The standard InChI is InChI=1S/C15H16BrN3O2/c16-14-2-1-13(21-14)15(20)19-9-7-18(8-10-19)11-12-3-5-17-6-4-12/h1-6H,7-11H2. The fourth-order valence-corrected chi connectivity index (χ4v) is 2.75. The van der Waals surface area contributed by atoms with Crippen LogP contribution in [0.4, 0.5) is 0 Å². The monoisotopic (exact) mass is 349 g/mol. The third kappa shape index (κ3) is 3.51. The highest BCUT2D eigenvalue weighted by molar-refractivity contribution is 9.10. The Morgan fingerprint density at radius 1 is 1.14 bits per heavy atom. The predicted octanol–water partition coefficient (Wildman–Crippen LogP) is 2.40. The van der Waals surface area contributed by atoms with Crippen LogP contribution in [0.1, 0.15) is 16.1 Å². The van der Waals surface area contributed by atoms with Gasteiger partial charge in [-0.25, -0.2) is 0 Å². The maximum absolute atomic E-state index is 12.3. The molecule has 2 aromatic rings. The number of aromatic nitrogens is 1. The van der Waals surface area contributed by atoms with Crippen molar-refractivity contribution in [3.8, 4) is 0 Å². The fourth-order valence-electron chi connectivity index (χ4n) is 2.44. The van der Waals surface area contributed by atoms with Crippen LogP contribution in [0.15, 0.2) is 45.7 Å². The van der Waals surface area contributed by atoms with Crippen molar-refractivity contribution in [2.45, 2.75) is 6.54 Å². The zero-order valence-electron chi connectivity index (χ0n) is 11.5. The molecular formula is C15H16BrN3O2. The van der Waals surface area contributed by atoms with E-state index in [1.165, 1.54) is 5.56 Å². The first-order valence-electron chi connectivity index (χ1n) is 6.88. The van der Waals surface area contributed by atoms with Gasteiger partial charge in [0, 0.05) is 45.1 Å². The molecule has 0 bridgehead atoms. The lowest BCUT2D eigenvalue weighted by Crippen LogP contribution is -2.48. The number of hydrogen-bond donors (Lipinski definition) is 0. The number of halogens is 1. The summed E-state index contributed by atoms with van der Waals surface area (Å²) in [4.78, 5) is 20.5. The maximum Gasteiger partial charge on any atom is 0.289 e. The van der Waals surface area contributed by atoms with Crippen molar-refractivity contribution in [3.05, 3.63) is 52.7 Å². The molecule has 0 unspecified atom stereocenters. The first kappa shape index (κ1) is 14.3. The minimum absolute atomic E-state index is 0.0377. The molecule has 110 valence electrons. The molecule has 5 nitrogen and oxygen atoms in total. The van der Waals surface area contributed by atoms with E-state index in [0.29, 0.717) is 10.4 Å². The van der Waals surface area contributed by atoms with E-state index in [4.69, 9.17) is 4.42 Å². The van der Waals surface area contributed by atoms with Crippen LogP contribution < -0.4 is 0 Å². The number of carbonyl (C=O) groups excluding carboxylic acids is 1. The van der Waals surface area contributed by atoms with Gasteiger partial charge in [0.2, 0.25) is 0 Å². The summed E-state index contributed by atoms with van der Waals surface area (Å²) in [5.74, 6) is 0.355. The summed E-state index contributed by atoms with van der Waals surface area (Å²) in [5, 5.41) is 0. The summed E-state index contributed by atoms with van der Waals surface area (Å²) in [7, 11) is 0. The number of amides is 1. The number of carbonyl (C=O) groups is 1. The van der Waals surface area contributed by atoms with Crippen molar-refractivity contribution in [3.63, 3.8) is 0 Å². The summed E-state index contributed by atoms with van der Waals surface area (Å²) in [6.07, 6.45) is 3.62. The van der Waals surface area contributed by atoms with E-state index in [1.807, 2.05) is 29.4 Å².